The first-order chi connectivity index (χ1) is 16.4. The first kappa shape index (κ1) is 23.0. The minimum Gasteiger partial charge on any atom is -0.377 e. The molecule has 0 aliphatic carbocycles. The highest BCUT2D eigenvalue weighted by molar-refractivity contribution is 8.00. The van der Waals surface area contributed by atoms with E-state index in [1.165, 1.54) is 23.1 Å². The van der Waals surface area contributed by atoms with Crippen molar-refractivity contribution in [2.75, 3.05) is 5.32 Å². The number of aryl methyl sites for hydroxylation is 1. The van der Waals surface area contributed by atoms with Gasteiger partial charge in [-0.3, -0.25) is 14.8 Å². The van der Waals surface area contributed by atoms with E-state index in [1.807, 2.05) is 47.2 Å². The van der Waals surface area contributed by atoms with Crippen LogP contribution in [-0.4, -0.2) is 42.1 Å². The van der Waals surface area contributed by atoms with Crippen molar-refractivity contribution >= 4 is 52.2 Å². The molecule has 0 amide bonds. The Labute approximate surface area is 209 Å². The summed E-state index contributed by atoms with van der Waals surface area (Å²) in [6.45, 7) is 0. The second-order valence-electron chi connectivity index (χ2n) is 7.89. The fourth-order valence-electron chi connectivity index (χ4n) is 3.98. The van der Waals surface area contributed by atoms with Crippen molar-refractivity contribution < 1.29 is 9.90 Å². The number of piperidine rings is 1. The van der Waals surface area contributed by atoms with E-state index in [1.54, 1.807) is 30.2 Å². The molecule has 1 fully saturated rings. The monoisotopic (exact) mass is 512 g/mol. The van der Waals surface area contributed by atoms with Gasteiger partial charge in [0.25, 0.3) is 0 Å². The summed E-state index contributed by atoms with van der Waals surface area (Å²) >= 11 is 9.08. The van der Waals surface area contributed by atoms with E-state index in [0.717, 1.165) is 10.5 Å². The van der Waals surface area contributed by atoms with Crippen molar-refractivity contribution in [1.82, 2.24) is 25.1 Å². The maximum atomic E-state index is 13.5. The van der Waals surface area contributed by atoms with Crippen LogP contribution in [0.3, 0.4) is 0 Å². The number of pyridine rings is 1. The van der Waals surface area contributed by atoms with Gasteiger partial charge in [0.2, 0.25) is 5.95 Å². The van der Waals surface area contributed by atoms with E-state index in [-0.39, 0.29) is 12.2 Å². The number of hydrogen-bond acceptors (Lipinski definition) is 9. The Hall–Kier alpha value is -2.76. The first-order valence-corrected chi connectivity index (χ1v) is 12.7. The molecule has 8 nitrogen and oxygen atoms in total. The number of Topliss-reactive ketones (excluding diaryl/α,β-unsaturated/α-hetero) is 1. The lowest BCUT2D eigenvalue weighted by atomic mass is 9.79. The number of halogens is 1. The number of aliphatic hydroxyl groups is 1. The minimum absolute atomic E-state index is 0.0890. The molecule has 3 aromatic heterocycles. The van der Waals surface area contributed by atoms with E-state index in [9.17, 15) is 9.90 Å². The van der Waals surface area contributed by atoms with Gasteiger partial charge in [-0.25, -0.2) is 9.97 Å². The summed E-state index contributed by atoms with van der Waals surface area (Å²) in [5.74, 6) is 0.865. The smallest absolute Gasteiger partial charge is 0.247 e. The zero-order valence-electron chi connectivity index (χ0n) is 18.1. The zero-order valence-corrected chi connectivity index (χ0v) is 20.4. The van der Waals surface area contributed by atoms with E-state index < -0.39 is 17.0 Å². The lowest BCUT2D eigenvalue weighted by molar-refractivity contribution is -0.125. The molecule has 1 aromatic carbocycles. The molecular formula is C23H21ClN6O2S2. The number of aromatic nitrogens is 4. The minimum atomic E-state index is -1.11. The quantitative estimate of drug-likeness (QED) is 0.356. The standard InChI is InChI=1S/C23H21ClN6O2S2/c1-30-13-25-22(29-30)27-19-8-4-7-18(26-19)23(14-9-10-33-12-14)11-16(31)20(21(32)28-23)34-17-6-3-2-5-15(17)24/h2-10,12-13,20-21,28,32H,11H2,1H3,(H,26,27,29). The lowest BCUT2D eigenvalue weighted by Gasteiger charge is -2.42. The molecule has 0 radical (unpaired) electrons. The van der Waals surface area contributed by atoms with Crippen LogP contribution in [0.2, 0.25) is 5.02 Å². The normalized spacial score (nSPS) is 22.6. The van der Waals surface area contributed by atoms with Gasteiger partial charge in [-0.15, -0.1) is 16.9 Å². The van der Waals surface area contributed by atoms with E-state index in [2.05, 4.69) is 20.7 Å². The summed E-state index contributed by atoms with van der Waals surface area (Å²) in [5, 5.41) is 25.5. The number of carbonyl (C=O) groups is 1. The van der Waals surface area contributed by atoms with Crippen LogP contribution in [0.4, 0.5) is 11.8 Å². The molecule has 0 bridgehead atoms. The van der Waals surface area contributed by atoms with E-state index >= 15 is 0 Å². The van der Waals surface area contributed by atoms with Crippen LogP contribution in [0.15, 0.2) is 70.5 Å². The van der Waals surface area contributed by atoms with Crippen LogP contribution in [0, 0.1) is 0 Å². The van der Waals surface area contributed by atoms with Crippen LogP contribution >= 0.6 is 34.7 Å². The summed E-state index contributed by atoms with van der Waals surface area (Å²) in [7, 11) is 1.78. The van der Waals surface area contributed by atoms with E-state index in [4.69, 9.17) is 16.6 Å². The summed E-state index contributed by atoms with van der Waals surface area (Å²) in [6, 6.07) is 14.8. The average Bonchev–Trinajstić information content (AvgIpc) is 3.50. The molecule has 3 unspecified atom stereocenters. The molecule has 4 heterocycles. The maximum absolute atomic E-state index is 13.5. The second-order valence-corrected chi connectivity index (χ2v) is 10.3. The van der Waals surface area contributed by atoms with Gasteiger partial charge in [-0.1, -0.05) is 29.8 Å². The summed E-state index contributed by atoms with van der Waals surface area (Å²) in [4.78, 5) is 23.2. The average molecular weight is 513 g/mol. The van der Waals surface area contributed by atoms with Crippen LogP contribution < -0.4 is 10.6 Å². The van der Waals surface area contributed by atoms with Gasteiger partial charge in [0.1, 0.15) is 23.6 Å². The van der Waals surface area contributed by atoms with Crippen LogP contribution in [0.25, 0.3) is 0 Å². The van der Waals surface area contributed by atoms with Crippen molar-refractivity contribution in [3.63, 3.8) is 0 Å². The molecule has 0 spiro atoms. The number of thioether (sulfide) groups is 1. The Morgan fingerprint density at radius 3 is 2.82 bits per heavy atom. The third-order valence-electron chi connectivity index (χ3n) is 5.57. The van der Waals surface area contributed by atoms with Crippen molar-refractivity contribution in [3.05, 3.63) is 81.9 Å². The number of rotatable bonds is 6. The highest BCUT2D eigenvalue weighted by atomic mass is 35.5. The Morgan fingerprint density at radius 1 is 1.26 bits per heavy atom. The predicted molar refractivity (Wildman–Crippen MR) is 133 cm³/mol. The molecule has 4 aromatic rings. The van der Waals surface area contributed by atoms with Crippen molar-refractivity contribution in [2.45, 2.75) is 28.3 Å². The number of aliphatic hydroxyl groups excluding tert-OH is 1. The number of benzene rings is 1. The molecule has 1 aliphatic rings. The van der Waals surface area contributed by atoms with Gasteiger partial charge in [0.05, 0.1) is 16.3 Å². The van der Waals surface area contributed by atoms with Crippen molar-refractivity contribution in [2.24, 2.45) is 7.05 Å². The lowest BCUT2D eigenvalue weighted by Crippen LogP contribution is -2.60. The van der Waals surface area contributed by atoms with Gasteiger partial charge < -0.3 is 10.4 Å². The SMILES string of the molecule is Cn1cnc(Nc2cccc(C3(c4ccsc4)CC(=O)C(Sc4ccccc4Cl)C(O)N3)n2)n1. The van der Waals surface area contributed by atoms with Crippen LogP contribution in [0.1, 0.15) is 17.7 Å². The van der Waals surface area contributed by atoms with Crippen molar-refractivity contribution in [1.29, 1.82) is 0 Å². The molecule has 1 aliphatic heterocycles. The number of anilines is 2. The number of nitrogens with one attached hydrogen (secondary N) is 2. The molecule has 1 saturated heterocycles. The molecule has 3 atom stereocenters. The topological polar surface area (TPSA) is 105 Å². The number of thiophene rings is 1. The molecule has 3 N–H and O–H groups in total. The van der Waals surface area contributed by atoms with Crippen LogP contribution in [-0.2, 0) is 17.4 Å². The second kappa shape index (κ2) is 9.47. The van der Waals surface area contributed by atoms with E-state index in [0.29, 0.717) is 22.5 Å². The maximum Gasteiger partial charge on any atom is 0.247 e. The number of carbonyl (C=O) groups excluding carboxylic acids is 1. The summed E-state index contributed by atoms with van der Waals surface area (Å²) in [5.41, 5.74) is 0.496. The molecular weight excluding hydrogens is 492 g/mol. The summed E-state index contributed by atoms with van der Waals surface area (Å²) < 4.78 is 1.59. The fraction of sp³-hybridized carbons (Fsp3) is 0.217. The van der Waals surface area contributed by atoms with Crippen LogP contribution in [0.5, 0.6) is 0 Å². The van der Waals surface area contributed by atoms with Gasteiger partial charge in [-0.05, 0) is 46.7 Å². The Bertz CT molecular complexity index is 1310. The predicted octanol–water partition coefficient (Wildman–Crippen LogP) is 3.95. The molecule has 34 heavy (non-hydrogen) atoms. The fourth-order valence-corrected chi connectivity index (χ4v) is 6.01. The Morgan fingerprint density at radius 2 is 2.12 bits per heavy atom. The number of hydrogen-bond donors (Lipinski definition) is 3. The third kappa shape index (κ3) is 4.47. The number of nitrogens with zero attached hydrogens (tertiary/aromatic N) is 4. The van der Waals surface area contributed by atoms with Gasteiger partial charge >= 0.3 is 0 Å². The zero-order chi connectivity index (χ0) is 23.7. The highest BCUT2D eigenvalue weighted by Gasteiger charge is 2.48. The highest BCUT2D eigenvalue weighted by Crippen LogP contribution is 2.42. The molecule has 0 saturated carbocycles. The third-order valence-corrected chi connectivity index (χ3v) is 8.08. The van der Waals surface area contributed by atoms with Gasteiger partial charge in [0, 0.05) is 18.4 Å². The molecule has 5 rings (SSSR count). The van der Waals surface area contributed by atoms with Crippen molar-refractivity contribution in [3.8, 4) is 0 Å². The van der Waals surface area contributed by atoms with Gasteiger partial charge in [0.15, 0.2) is 5.78 Å². The Balaban J connectivity index is 1.48. The molecule has 11 heteroatoms. The largest absolute Gasteiger partial charge is 0.377 e. The summed E-state index contributed by atoms with van der Waals surface area (Å²) in [6.07, 6.45) is 0.604. The van der Waals surface area contributed by atoms with Gasteiger partial charge in [-0.2, -0.15) is 11.3 Å². The number of ketones is 1. The molecule has 174 valence electrons. The Kier molecular flexibility index (Phi) is 6.41. The first-order valence-electron chi connectivity index (χ1n) is 10.5.